The number of amides is 1. The van der Waals surface area contributed by atoms with Gasteiger partial charge in [0.2, 0.25) is 11.8 Å². The van der Waals surface area contributed by atoms with E-state index < -0.39 is 0 Å². The number of benzene rings is 1. The minimum atomic E-state index is -0.189. The molecule has 1 atom stereocenters. The molecule has 1 aliphatic heterocycles. The number of fused-ring (bicyclic) bond motifs is 1. The molecule has 3 aromatic rings. The van der Waals surface area contributed by atoms with Crippen LogP contribution in [-0.2, 0) is 11.3 Å². The fourth-order valence-electron chi connectivity index (χ4n) is 3.69. The van der Waals surface area contributed by atoms with Gasteiger partial charge in [-0.05, 0) is 38.0 Å². The van der Waals surface area contributed by atoms with Crippen LogP contribution in [0.15, 0.2) is 53.6 Å². The molecule has 29 heavy (non-hydrogen) atoms. The fraction of sp³-hybridized carbons (Fsp3) is 0.364. The highest BCUT2D eigenvalue weighted by atomic mass is 16.5. The molecule has 0 spiro atoms. The predicted octanol–water partition coefficient (Wildman–Crippen LogP) is 2.42. The Morgan fingerprint density at radius 3 is 2.93 bits per heavy atom. The van der Waals surface area contributed by atoms with Crippen LogP contribution in [-0.4, -0.2) is 45.0 Å². The van der Waals surface area contributed by atoms with Crippen molar-refractivity contribution in [2.45, 2.75) is 26.3 Å². The molecule has 7 nitrogen and oxygen atoms in total. The maximum Gasteiger partial charge on any atom is 0.261 e. The Morgan fingerprint density at radius 1 is 1.21 bits per heavy atom. The molecule has 0 bridgehead atoms. The van der Waals surface area contributed by atoms with E-state index in [0.29, 0.717) is 36.5 Å². The summed E-state index contributed by atoms with van der Waals surface area (Å²) in [6, 6.07) is 12.9. The molecule has 2 aromatic heterocycles. The van der Waals surface area contributed by atoms with Crippen molar-refractivity contribution in [1.82, 2.24) is 19.4 Å². The van der Waals surface area contributed by atoms with Gasteiger partial charge in [-0.15, -0.1) is 0 Å². The largest absolute Gasteiger partial charge is 0.477 e. The van der Waals surface area contributed by atoms with Crippen LogP contribution in [0.2, 0.25) is 0 Å². The summed E-state index contributed by atoms with van der Waals surface area (Å²) in [7, 11) is 0. The van der Waals surface area contributed by atoms with Gasteiger partial charge in [0.15, 0.2) is 0 Å². The third-order valence-electron chi connectivity index (χ3n) is 5.24. The van der Waals surface area contributed by atoms with Crippen LogP contribution in [0.3, 0.4) is 0 Å². The van der Waals surface area contributed by atoms with Gasteiger partial charge in [0.25, 0.3) is 5.56 Å². The maximum atomic E-state index is 12.8. The Balaban J connectivity index is 1.39. The highest BCUT2D eigenvalue weighted by Crippen LogP contribution is 2.18. The molecule has 1 aromatic carbocycles. The summed E-state index contributed by atoms with van der Waals surface area (Å²) in [5.74, 6) is 0.797. The van der Waals surface area contributed by atoms with E-state index >= 15 is 0 Å². The van der Waals surface area contributed by atoms with E-state index in [4.69, 9.17) is 4.74 Å². The minimum absolute atomic E-state index is 0.00365. The number of ether oxygens (including phenoxy) is 1. The molecular formula is C22H24N4O3. The number of para-hydroxylation sites is 1. The highest BCUT2D eigenvalue weighted by Gasteiger charge is 2.24. The Bertz CT molecular complexity index is 1080. The number of nitrogens with zero attached hydrogens (tertiary/aromatic N) is 4. The molecule has 0 saturated carbocycles. The smallest absolute Gasteiger partial charge is 0.261 e. The van der Waals surface area contributed by atoms with Gasteiger partial charge < -0.3 is 9.64 Å². The summed E-state index contributed by atoms with van der Waals surface area (Å²) < 4.78 is 7.22. The molecule has 1 aliphatic rings. The zero-order valence-corrected chi connectivity index (χ0v) is 16.5. The lowest BCUT2D eigenvalue weighted by atomic mass is 9.99. The first kappa shape index (κ1) is 19.1. The number of likely N-dealkylation sites (tertiary alicyclic amines) is 1. The summed E-state index contributed by atoms with van der Waals surface area (Å²) in [6.45, 7) is 3.78. The zero-order valence-electron chi connectivity index (χ0n) is 16.5. The van der Waals surface area contributed by atoms with Crippen molar-refractivity contribution in [2.24, 2.45) is 5.92 Å². The summed E-state index contributed by atoms with van der Waals surface area (Å²) in [5, 5.41) is 0.526. The monoisotopic (exact) mass is 392 g/mol. The number of aryl methyl sites for hydroxylation is 1. The normalized spacial score (nSPS) is 16.7. The van der Waals surface area contributed by atoms with Crippen LogP contribution in [0, 0.1) is 12.8 Å². The van der Waals surface area contributed by atoms with Crippen molar-refractivity contribution in [3.05, 3.63) is 64.8 Å². The van der Waals surface area contributed by atoms with Crippen LogP contribution in [0.5, 0.6) is 5.88 Å². The molecule has 1 unspecified atom stereocenters. The summed E-state index contributed by atoms with van der Waals surface area (Å²) >= 11 is 0. The van der Waals surface area contributed by atoms with Crippen LogP contribution in [0.4, 0.5) is 0 Å². The van der Waals surface area contributed by atoms with Gasteiger partial charge in [-0.1, -0.05) is 18.2 Å². The third-order valence-corrected chi connectivity index (χ3v) is 5.24. The number of hydrogen-bond donors (Lipinski definition) is 0. The lowest BCUT2D eigenvalue weighted by Crippen LogP contribution is -2.44. The van der Waals surface area contributed by atoms with Gasteiger partial charge in [-0.2, -0.15) is 0 Å². The Labute approximate surface area is 169 Å². The van der Waals surface area contributed by atoms with Gasteiger partial charge in [0.05, 0.1) is 23.8 Å². The van der Waals surface area contributed by atoms with Crippen molar-refractivity contribution in [2.75, 3.05) is 19.7 Å². The molecule has 4 rings (SSSR count). The van der Waals surface area contributed by atoms with Gasteiger partial charge in [0.1, 0.15) is 6.54 Å². The standard InChI is InChI=1S/C22H24N4O3/c1-16-6-4-10-20(24-16)29-14-17-7-5-11-25(12-17)21(27)13-26-15-23-19-9-3-2-8-18(19)22(26)28/h2-4,6,8-10,15,17H,5,7,11-14H2,1H3. The molecule has 7 heteroatoms. The highest BCUT2D eigenvalue weighted by molar-refractivity contribution is 5.79. The molecule has 1 fully saturated rings. The number of carbonyl (C=O) groups excluding carboxylic acids is 1. The number of rotatable bonds is 5. The quantitative estimate of drug-likeness (QED) is 0.666. The van der Waals surface area contributed by atoms with Crippen LogP contribution < -0.4 is 10.3 Å². The molecule has 1 saturated heterocycles. The zero-order chi connectivity index (χ0) is 20.2. The number of piperidine rings is 1. The van der Waals surface area contributed by atoms with E-state index in [1.807, 2.05) is 36.1 Å². The third kappa shape index (κ3) is 4.45. The van der Waals surface area contributed by atoms with Gasteiger partial charge in [0, 0.05) is 30.8 Å². The Kier molecular flexibility index (Phi) is 5.55. The van der Waals surface area contributed by atoms with Crippen molar-refractivity contribution in [3.63, 3.8) is 0 Å². The topological polar surface area (TPSA) is 77.3 Å². The number of aromatic nitrogens is 3. The van der Waals surface area contributed by atoms with Gasteiger partial charge in [-0.3, -0.25) is 14.2 Å². The van der Waals surface area contributed by atoms with Gasteiger partial charge in [-0.25, -0.2) is 9.97 Å². The molecule has 3 heterocycles. The number of carbonyl (C=O) groups is 1. The molecule has 0 radical (unpaired) electrons. The second-order valence-corrected chi connectivity index (χ2v) is 7.47. The molecule has 1 amide bonds. The van der Waals surface area contributed by atoms with Crippen molar-refractivity contribution in [3.8, 4) is 5.88 Å². The van der Waals surface area contributed by atoms with E-state index in [1.165, 1.54) is 10.9 Å². The first-order chi connectivity index (χ1) is 14.1. The Morgan fingerprint density at radius 2 is 2.07 bits per heavy atom. The molecular weight excluding hydrogens is 368 g/mol. The van der Waals surface area contributed by atoms with E-state index in [1.54, 1.807) is 18.2 Å². The SMILES string of the molecule is Cc1cccc(OCC2CCCN(C(=O)Cn3cnc4ccccc4c3=O)C2)n1. The van der Waals surface area contributed by atoms with E-state index in [9.17, 15) is 9.59 Å². The van der Waals surface area contributed by atoms with E-state index in [0.717, 1.165) is 18.5 Å². The average molecular weight is 392 g/mol. The first-order valence-electron chi connectivity index (χ1n) is 9.88. The number of hydrogen-bond acceptors (Lipinski definition) is 5. The Hall–Kier alpha value is -3.22. The van der Waals surface area contributed by atoms with Crippen molar-refractivity contribution in [1.29, 1.82) is 0 Å². The van der Waals surface area contributed by atoms with E-state index in [2.05, 4.69) is 9.97 Å². The maximum absolute atomic E-state index is 12.8. The minimum Gasteiger partial charge on any atom is -0.477 e. The second kappa shape index (κ2) is 8.43. The lowest BCUT2D eigenvalue weighted by molar-refractivity contribution is -0.133. The molecule has 0 aliphatic carbocycles. The number of pyridine rings is 1. The van der Waals surface area contributed by atoms with Crippen LogP contribution in [0.25, 0.3) is 10.9 Å². The van der Waals surface area contributed by atoms with Crippen LogP contribution in [0.1, 0.15) is 18.5 Å². The van der Waals surface area contributed by atoms with Crippen molar-refractivity contribution < 1.29 is 9.53 Å². The fourth-order valence-corrected chi connectivity index (χ4v) is 3.69. The summed E-state index contributed by atoms with van der Waals surface area (Å²) in [4.78, 5) is 35.9. The summed E-state index contributed by atoms with van der Waals surface area (Å²) in [6.07, 6.45) is 3.38. The van der Waals surface area contributed by atoms with E-state index in [-0.39, 0.29) is 23.9 Å². The molecule has 150 valence electrons. The summed E-state index contributed by atoms with van der Waals surface area (Å²) in [5.41, 5.74) is 1.37. The predicted molar refractivity (Wildman–Crippen MR) is 110 cm³/mol. The lowest BCUT2D eigenvalue weighted by Gasteiger charge is -2.32. The first-order valence-corrected chi connectivity index (χ1v) is 9.88. The average Bonchev–Trinajstić information content (AvgIpc) is 2.75. The van der Waals surface area contributed by atoms with Crippen molar-refractivity contribution >= 4 is 16.8 Å². The molecule has 0 N–H and O–H groups in total. The van der Waals surface area contributed by atoms with Crippen LogP contribution >= 0.6 is 0 Å². The van der Waals surface area contributed by atoms with Gasteiger partial charge >= 0.3 is 0 Å². The second-order valence-electron chi connectivity index (χ2n) is 7.47.